The second kappa shape index (κ2) is 7.03. The zero-order valence-electron chi connectivity index (χ0n) is 13.8. The Labute approximate surface area is 141 Å². The SMILES string of the molecule is CC1CCN(C(=O)CCC(=O)c2ccc3c(c2)NC(=O)CO3)CC1. The second-order valence-corrected chi connectivity index (χ2v) is 6.53. The van der Waals surface area contributed by atoms with Crippen molar-refractivity contribution in [3.05, 3.63) is 23.8 Å². The summed E-state index contributed by atoms with van der Waals surface area (Å²) in [6.07, 6.45) is 2.47. The molecule has 2 aliphatic rings. The van der Waals surface area contributed by atoms with Crippen LogP contribution in [-0.4, -0.2) is 42.2 Å². The molecule has 1 N–H and O–H groups in total. The fourth-order valence-electron chi connectivity index (χ4n) is 3.04. The molecule has 6 nitrogen and oxygen atoms in total. The maximum absolute atomic E-state index is 12.3. The Balaban J connectivity index is 1.56. The Morgan fingerprint density at radius 2 is 2.00 bits per heavy atom. The van der Waals surface area contributed by atoms with E-state index < -0.39 is 0 Å². The lowest BCUT2D eigenvalue weighted by molar-refractivity contribution is -0.132. The summed E-state index contributed by atoms with van der Waals surface area (Å²) in [4.78, 5) is 37.7. The molecule has 1 fully saturated rings. The number of ketones is 1. The van der Waals surface area contributed by atoms with E-state index in [-0.39, 0.29) is 37.0 Å². The number of nitrogens with one attached hydrogen (secondary N) is 1. The number of nitrogens with zero attached hydrogens (tertiary/aromatic N) is 1. The van der Waals surface area contributed by atoms with Crippen LogP contribution in [0, 0.1) is 5.92 Å². The first-order chi connectivity index (χ1) is 11.5. The molecule has 2 amide bonds. The molecule has 0 aliphatic carbocycles. The van der Waals surface area contributed by atoms with Crippen molar-refractivity contribution in [1.82, 2.24) is 4.90 Å². The van der Waals surface area contributed by atoms with Crippen molar-refractivity contribution in [2.75, 3.05) is 25.0 Å². The van der Waals surface area contributed by atoms with Crippen LogP contribution in [0.3, 0.4) is 0 Å². The highest BCUT2D eigenvalue weighted by atomic mass is 16.5. The maximum Gasteiger partial charge on any atom is 0.262 e. The molecule has 2 heterocycles. The van der Waals surface area contributed by atoms with E-state index in [9.17, 15) is 14.4 Å². The van der Waals surface area contributed by atoms with Crippen molar-refractivity contribution < 1.29 is 19.1 Å². The summed E-state index contributed by atoms with van der Waals surface area (Å²) in [6.45, 7) is 3.76. The lowest BCUT2D eigenvalue weighted by Crippen LogP contribution is -2.38. The number of benzene rings is 1. The summed E-state index contributed by atoms with van der Waals surface area (Å²) < 4.78 is 5.27. The lowest BCUT2D eigenvalue weighted by atomic mass is 9.98. The number of fused-ring (bicyclic) bond motifs is 1. The van der Waals surface area contributed by atoms with Gasteiger partial charge in [-0.05, 0) is 37.0 Å². The number of carbonyl (C=O) groups excluding carboxylic acids is 3. The normalized spacial score (nSPS) is 17.7. The molecule has 1 saturated heterocycles. The van der Waals surface area contributed by atoms with Gasteiger partial charge in [-0.15, -0.1) is 0 Å². The van der Waals surface area contributed by atoms with Crippen molar-refractivity contribution in [2.45, 2.75) is 32.6 Å². The van der Waals surface area contributed by atoms with Crippen LogP contribution in [0.25, 0.3) is 0 Å². The Morgan fingerprint density at radius 1 is 1.25 bits per heavy atom. The van der Waals surface area contributed by atoms with E-state index >= 15 is 0 Å². The Hall–Kier alpha value is -2.37. The molecular formula is C18H22N2O4. The molecule has 0 aromatic heterocycles. The molecule has 0 bridgehead atoms. The minimum absolute atomic E-state index is 0.0107. The van der Waals surface area contributed by atoms with Gasteiger partial charge in [0.05, 0.1) is 5.69 Å². The number of amides is 2. The van der Waals surface area contributed by atoms with E-state index in [4.69, 9.17) is 4.74 Å². The van der Waals surface area contributed by atoms with Crippen LogP contribution in [0.15, 0.2) is 18.2 Å². The molecular weight excluding hydrogens is 308 g/mol. The number of hydrogen-bond acceptors (Lipinski definition) is 4. The summed E-state index contributed by atoms with van der Waals surface area (Å²) >= 11 is 0. The van der Waals surface area contributed by atoms with Gasteiger partial charge in [-0.3, -0.25) is 14.4 Å². The van der Waals surface area contributed by atoms with Gasteiger partial charge in [0.15, 0.2) is 12.4 Å². The van der Waals surface area contributed by atoms with Crippen molar-refractivity contribution in [3.8, 4) is 5.75 Å². The molecule has 1 aromatic rings. The van der Waals surface area contributed by atoms with Crippen molar-refractivity contribution in [3.63, 3.8) is 0 Å². The second-order valence-electron chi connectivity index (χ2n) is 6.53. The van der Waals surface area contributed by atoms with E-state index in [2.05, 4.69) is 12.2 Å². The summed E-state index contributed by atoms with van der Waals surface area (Å²) in [5.41, 5.74) is 0.994. The van der Waals surface area contributed by atoms with E-state index in [1.807, 2.05) is 4.90 Å². The summed E-state index contributed by atoms with van der Waals surface area (Å²) in [5, 5.41) is 2.68. The van der Waals surface area contributed by atoms with Gasteiger partial charge in [-0.2, -0.15) is 0 Å². The molecule has 128 valence electrons. The first kappa shape index (κ1) is 16.5. The highest BCUT2D eigenvalue weighted by molar-refractivity contribution is 6.01. The molecule has 2 aliphatic heterocycles. The quantitative estimate of drug-likeness (QED) is 0.859. The first-order valence-electron chi connectivity index (χ1n) is 8.40. The van der Waals surface area contributed by atoms with E-state index in [0.717, 1.165) is 25.9 Å². The molecule has 1 aromatic carbocycles. The zero-order chi connectivity index (χ0) is 17.1. The first-order valence-corrected chi connectivity index (χ1v) is 8.40. The highest BCUT2D eigenvalue weighted by Crippen LogP contribution is 2.29. The summed E-state index contributed by atoms with van der Waals surface area (Å²) in [7, 11) is 0. The van der Waals surface area contributed by atoms with Crippen LogP contribution in [0.4, 0.5) is 5.69 Å². The topological polar surface area (TPSA) is 75.7 Å². The van der Waals surface area contributed by atoms with Crippen molar-refractivity contribution in [1.29, 1.82) is 0 Å². The van der Waals surface area contributed by atoms with Gasteiger partial charge < -0.3 is 15.0 Å². The monoisotopic (exact) mass is 330 g/mol. The summed E-state index contributed by atoms with van der Waals surface area (Å²) in [6, 6.07) is 4.96. The number of Topliss-reactive ketones (excluding diaryl/α,β-unsaturated/α-hetero) is 1. The standard InChI is InChI=1S/C18H22N2O4/c1-12-6-8-20(9-7-12)18(23)5-3-15(21)13-2-4-16-14(10-13)19-17(22)11-24-16/h2,4,10,12H,3,5-9,11H2,1H3,(H,19,22). The third-order valence-corrected chi connectivity index (χ3v) is 4.64. The van der Waals surface area contributed by atoms with Gasteiger partial charge in [0.1, 0.15) is 5.75 Å². The van der Waals surface area contributed by atoms with E-state index in [0.29, 0.717) is 22.9 Å². The van der Waals surface area contributed by atoms with Gasteiger partial charge in [0, 0.05) is 31.5 Å². The number of anilines is 1. The van der Waals surface area contributed by atoms with Crippen molar-refractivity contribution >= 4 is 23.3 Å². The molecule has 0 atom stereocenters. The predicted octanol–water partition coefficient (Wildman–Crippen LogP) is 2.24. The fraction of sp³-hybridized carbons (Fsp3) is 0.500. The van der Waals surface area contributed by atoms with Crippen LogP contribution < -0.4 is 10.1 Å². The van der Waals surface area contributed by atoms with Crippen LogP contribution >= 0.6 is 0 Å². The third kappa shape index (κ3) is 3.75. The average Bonchev–Trinajstić information content (AvgIpc) is 2.59. The molecule has 6 heteroatoms. The van der Waals surface area contributed by atoms with Crippen molar-refractivity contribution in [2.24, 2.45) is 5.92 Å². The van der Waals surface area contributed by atoms with Crippen LogP contribution in [0.5, 0.6) is 5.75 Å². The predicted molar refractivity (Wildman–Crippen MR) is 89.1 cm³/mol. The number of ether oxygens (including phenoxy) is 1. The molecule has 0 radical (unpaired) electrons. The van der Waals surface area contributed by atoms with Gasteiger partial charge >= 0.3 is 0 Å². The molecule has 0 unspecified atom stereocenters. The van der Waals surface area contributed by atoms with E-state index in [1.165, 1.54) is 0 Å². The number of hydrogen-bond donors (Lipinski definition) is 1. The van der Waals surface area contributed by atoms with Crippen LogP contribution in [0.2, 0.25) is 0 Å². The average molecular weight is 330 g/mol. The minimum atomic E-state index is -0.235. The number of piperidine rings is 1. The highest BCUT2D eigenvalue weighted by Gasteiger charge is 2.22. The number of rotatable bonds is 4. The lowest BCUT2D eigenvalue weighted by Gasteiger charge is -2.30. The fourth-order valence-corrected chi connectivity index (χ4v) is 3.04. The Kier molecular flexibility index (Phi) is 4.83. The molecule has 0 saturated carbocycles. The van der Waals surface area contributed by atoms with Crippen LogP contribution in [-0.2, 0) is 9.59 Å². The number of carbonyl (C=O) groups is 3. The molecule has 3 rings (SSSR count). The smallest absolute Gasteiger partial charge is 0.262 e. The van der Waals surface area contributed by atoms with Crippen LogP contribution in [0.1, 0.15) is 43.0 Å². The van der Waals surface area contributed by atoms with Gasteiger partial charge in [0.2, 0.25) is 5.91 Å². The third-order valence-electron chi connectivity index (χ3n) is 4.64. The van der Waals surface area contributed by atoms with E-state index in [1.54, 1.807) is 18.2 Å². The summed E-state index contributed by atoms with van der Waals surface area (Å²) in [5.74, 6) is 0.941. The zero-order valence-corrected chi connectivity index (χ0v) is 13.8. The van der Waals surface area contributed by atoms with Gasteiger partial charge in [-0.25, -0.2) is 0 Å². The maximum atomic E-state index is 12.3. The molecule has 24 heavy (non-hydrogen) atoms. The van der Waals surface area contributed by atoms with Gasteiger partial charge in [0.25, 0.3) is 5.91 Å². The Bertz CT molecular complexity index is 663. The molecule has 0 spiro atoms. The number of likely N-dealkylation sites (tertiary alicyclic amines) is 1. The van der Waals surface area contributed by atoms with Gasteiger partial charge in [-0.1, -0.05) is 6.92 Å². The largest absolute Gasteiger partial charge is 0.482 e. The Morgan fingerprint density at radius 3 is 2.75 bits per heavy atom. The minimum Gasteiger partial charge on any atom is -0.482 e.